The second-order valence-electron chi connectivity index (χ2n) is 3.84. The van der Waals surface area contributed by atoms with E-state index >= 15 is 0 Å². The van der Waals surface area contributed by atoms with Crippen molar-refractivity contribution < 1.29 is 14.6 Å². The molecule has 0 saturated heterocycles. The van der Waals surface area contributed by atoms with Crippen LogP contribution in [0.3, 0.4) is 0 Å². The third kappa shape index (κ3) is 6.14. The van der Waals surface area contributed by atoms with Gasteiger partial charge < -0.3 is 14.7 Å². The molecule has 1 rings (SSSR count). The number of hydrogen-bond donors (Lipinski definition) is 1. The van der Waals surface area contributed by atoms with Gasteiger partial charge in [-0.15, -0.1) is 12.4 Å². The number of halogens is 1. The third-order valence-electron chi connectivity index (χ3n) is 2.10. The van der Waals surface area contributed by atoms with Gasteiger partial charge >= 0.3 is 5.97 Å². The van der Waals surface area contributed by atoms with Crippen molar-refractivity contribution in [3.8, 4) is 5.75 Å². The first-order chi connectivity index (χ1) is 7.59. The number of rotatable bonds is 6. The van der Waals surface area contributed by atoms with Gasteiger partial charge in [0.05, 0.1) is 12.2 Å². The number of benzene rings is 1. The van der Waals surface area contributed by atoms with Crippen LogP contribution in [-0.2, 0) is 0 Å². The Labute approximate surface area is 108 Å². The first kappa shape index (κ1) is 15.7. The van der Waals surface area contributed by atoms with E-state index in [2.05, 4.69) is 4.90 Å². The third-order valence-corrected chi connectivity index (χ3v) is 2.10. The number of carboxylic acids is 1. The molecule has 96 valence electrons. The van der Waals surface area contributed by atoms with Gasteiger partial charge in [-0.05, 0) is 38.7 Å². The molecule has 0 atom stereocenters. The van der Waals surface area contributed by atoms with E-state index in [1.165, 1.54) is 6.07 Å². The van der Waals surface area contributed by atoms with E-state index in [0.717, 1.165) is 13.0 Å². The molecular weight excluding hydrogens is 242 g/mol. The molecule has 0 aliphatic rings. The highest BCUT2D eigenvalue weighted by atomic mass is 35.5. The lowest BCUT2D eigenvalue weighted by atomic mass is 10.2. The standard InChI is InChI=1S/C12H17NO3.ClH/c1-13(2)7-4-8-16-11-6-3-5-10(9-11)12(14)15;/h3,5-6,9H,4,7-8H2,1-2H3,(H,14,15);1H. The minimum atomic E-state index is -0.932. The molecule has 0 aliphatic heterocycles. The summed E-state index contributed by atoms with van der Waals surface area (Å²) in [7, 11) is 4.01. The molecule has 0 heterocycles. The summed E-state index contributed by atoms with van der Waals surface area (Å²) < 4.78 is 5.46. The number of carbonyl (C=O) groups is 1. The quantitative estimate of drug-likeness (QED) is 0.796. The minimum Gasteiger partial charge on any atom is -0.494 e. The molecule has 0 fully saturated rings. The van der Waals surface area contributed by atoms with Crippen molar-refractivity contribution in [2.24, 2.45) is 0 Å². The highest BCUT2D eigenvalue weighted by molar-refractivity contribution is 5.88. The first-order valence-electron chi connectivity index (χ1n) is 5.20. The lowest BCUT2D eigenvalue weighted by molar-refractivity contribution is 0.0696. The van der Waals surface area contributed by atoms with Gasteiger partial charge in [0, 0.05) is 6.54 Å². The second kappa shape index (κ2) is 7.92. The van der Waals surface area contributed by atoms with Crippen LogP contribution >= 0.6 is 12.4 Å². The fourth-order valence-corrected chi connectivity index (χ4v) is 1.29. The molecule has 1 N–H and O–H groups in total. The van der Waals surface area contributed by atoms with Gasteiger partial charge in [0.15, 0.2) is 0 Å². The molecule has 1 aromatic carbocycles. The van der Waals surface area contributed by atoms with Gasteiger partial charge in [-0.1, -0.05) is 6.07 Å². The van der Waals surface area contributed by atoms with Crippen molar-refractivity contribution in [2.75, 3.05) is 27.2 Å². The van der Waals surface area contributed by atoms with Crippen molar-refractivity contribution in [3.05, 3.63) is 29.8 Å². The molecule has 4 nitrogen and oxygen atoms in total. The molecule has 0 saturated carbocycles. The highest BCUT2D eigenvalue weighted by Crippen LogP contribution is 2.13. The summed E-state index contributed by atoms with van der Waals surface area (Å²) in [6.45, 7) is 1.56. The van der Waals surface area contributed by atoms with Gasteiger partial charge in [0.1, 0.15) is 5.75 Å². The van der Waals surface area contributed by atoms with Gasteiger partial charge in [-0.2, -0.15) is 0 Å². The van der Waals surface area contributed by atoms with Crippen LogP contribution in [0.2, 0.25) is 0 Å². The van der Waals surface area contributed by atoms with Crippen molar-refractivity contribution in [1.29, 1.82) is 0 Å². The molecule has 0 bridgehead atoms. The van der Waals surface area contributed by atoms with Gasteiger partial charge in [-0.25, -0.2) is 4.79 Å². The number of aromatic carboxylic acids is 1. The normalized spacial score (nSPS) is 9.82. The first-order valence-corrected chi connectivity index (χ1v) is 5.20. The Morgan fingerprint density at radius 1 is 1.41 bits per heavy atom. The van der Waals surface area contributed by atoms with Crippen molar-refractivity contribution in [2.45, 2.75) is 6.42 Å². The van der Waals surface area contributed by atoms with E-state index in [9.17, 15) is 4.79 Å². The minimum absolute atomic E-state index is 0. The Morgan fingerprint density at radius 3 is 2.71 bits per heavy atom. The fourth-order valence-electron chi connectivity index (χ4n) is 1.29. The Morgan fingerprint density at radius 2 is 2.12 bits per heavy atom. The Balaban J connectivity index is 0.00000256. The van der Waals surface area contributed by atoms with E-state index in [-0.39, 0.29) is 18.0 Å². The number of ether oxygens (including phenoxy) is 1. The lowest BCUT2D eigenvalue weighted by Crippen LogP contribution is -2.15. The average Bonchev–Trinajstić information content (AvgIpc) is 2.24. The van der Waals surface area contributed by atoms with Gasteiger partial charge in [0.2, 0.25) is 0 Å². The van der Waals surface area contributed by atoms with Crippen LogP contribution in [-0.4, -0.2) is 43.2 Å². The summed E-state index contributed by atoms with van der Waals surface area (Å²) in [5.41, 5.74) is 0.255. The Kier molecular flexibility index (Phi) is 7.34. The predicted octanol–water partition coefficient (Wildman–Crippen LogP) is 2.14. The predicted molar refractivity (Wildman–Crippen MR) is 69.3 cm³/mol. The monoisotopic (exact) mass is 259 g/mol. The zero-order valence-electron chi connectivity index (χ0n) is 10.0. The molecule has 0 amide bonds. The van der Waals surface area contributed by atoms with E-state index in [1.54, 1.807) is 18.2 Å². The van der Waals surface area contributed by atoms with Crippen LogP contribution in [0.25, 0.3) is 0 Å². The highest BCUT2D eigenvalue weighted by Gasteiger charge is 2.03. The molecule has 17 heavy (non-hydrogen) atoms. The van der Waals surface area contributed by atoms with Crippen LogP contribution in [0.4, 0.5) is 0 Å². The van der Waals surface area contributed by atoms with Gasteiger partial charge in [-0.3, -0.25) is 0 Å². The molecule has 0 radical (unpaired) electrons. The van der Waals surface area contributed by atoms with Crippen molar-refractivity contribution >= 4 is 18.4 Å². The summed E-state index contributed by atoms with van der Waals surface area (Å²) >= 11 is 0. The van der Waals surface area contributed by atoms with E-state index in [4.69, 9.17) is 9.84 Å². The maximum absolute atomic E-state index is 10.7. The maximum atomic E-state index is 10.7. The van der Waals surface area contributed by atoms with Crippen molar-refractivity contribution in [1.82, 2.24) is 4.90 Å². The summed E-state index contributed by atoms with van der Waals surface area (Å²) in [6, 6.07) is 6.54. The molecule has 5 heteroatoms. The van der Waals surface area contributed by atoms with Gasteiger partial charge in [0.25, 0.3) is 0 Å². The summed E-state index contributed by atoms with van der Waals surface area (Å²) in [4.78, 5) is 12.8. The Bertz CT molecular complexity index is 355. The van der Waals surface area contributed by atoms with E-state index in [0.29, 0.717) is 12.4 Å². The van der Waals surface area contributed by atoms with Crippen LogP contribution in [0.15, 0.2) is 24.3 Å². The van der Waals surface area contributed by atoms with Crippen LogP contribution < -0.4 is 4.74 Å². The smallest absolute Gasteiger partial charge is 0.335 e. The molecular formula is C12H18ClNO3. The average molecular weight is 260 g/mol. The van der Waals surface area contributed by atoms with Crippen LogP contribution in [0.1, 0.15) is 16.8 Å². The lowest BCUT2D eigenvalue weighted by Gasteiger charge is -2.10. The molecule has 0 aromatic heterocycles. The number of nitrogens with zero attached hydrogens (tertiary/aromatic N) is 1. The molecule has 0 unspecified atom stereocenters. The zero-order chi connectivity index (χ0) is 12.0. The molecule has 0 spiro atoms. The summed E-state index contributed by atoms with van der Waals surface area (Å²) in [5.74, 6) is -0.322. The van der Waals surface area contributed by atoms with E-state index < -0.39 is 5.97 Å². The SMILES string of the molecule is CN(C)CCCOc1cccc(C(=O)O)c1.Cl. The Hall–Kier alpha value is -1.26. The molecule has 1 aromatic rings. The maximum Gasteiger partial charge on any atom is 0.335 e. The molecule has 0 aliphatic carbocycles. The van der Waals surface area contributed by atoms with Crippen molar-refractivity contribution in [3.63, 3.8) is 0 Å². The second-order valence-corrected chi connectivity index (χ2v) is 3.84. The van der Waals surface area contributed by atoms with E-state index in [1.807, 2.05) is 14.1 Å². The summed E-state index contributed by atoms with van der Waals surface area (Å²) in [6.07, 6.45) is 0.921. The zero-order valence-corrected chi connectivity index (χ0v) is 10.9. The number of hydrogen-bond acceptors (Lipinski definition) is 3. The largest absolute Gasteiger partial charge is 0.494 e. The topological polar surface area (TPSA) is 49.8 Å². The summed E-state index contributed by atoms with van der Waals surface area (Å²) in [5, 5.41) is 8.79. The van der Waals surface area contributed by atoms with Crippen LogP contribution in [0.5, 0.6) is 5.75 Å². The van der Waals surface area contributed by atoms with Crippen LogP contribution in [0, 0.1) is 0 Å². The fraction of sp³-hybridized carbons (Fsp3) is 0.417. The number of carboxylic acid groups (broad SMARTS) is 1.